The van der Waals surface area contributed by atoms with Crippen LogP contribution in [0, 0.1) is 0 Å². The minimum Gasteiger partial charge on any atom is -0.376 e. The van der Waals surface area contributed by atoms with Gasteiger partial charge in [0.2, 0.25) is 0 Å². The second-order valence-corrected chi connectivity index (χ2v) is 1.96. The minimum absolute atomic E-state index is 0.0251. The Kier molecular flexibility index (Phi) is 3.47. The normalized spacial score (nSPS) is 12.1. The van der Waals surface area contributed by atoms with Gasteiger partial charge in [0, 0.05) is 0 Å². The molecule has 8 heavy (non-hydrogen) atoms. The Bertz CT molecular complexity index is 107. The van der Waals surface area contributed by atoms with Crippen LogP contribution in [-0.2, 0) is 4.79 Å². The van der Waals surface area contributed by atoms with Gasteiger partial charge in [-0.1, -0.05) is 11.6 Å². The molecule has 0 saturated carbocycles. The van der Waals surface area contributed by atoms with E-state index in [2.05, 4.69) is 17.5 Å². The van der Waals surface area contributed by atoms with Crippen molar-refractivity contribution >= 4 is 35.2 Å². The Morgan fingerprint density at radius 2 is 2.50 bits per heavy atom. The molecule has 0 aliphatic carbocycles. The maximum Gasteiger partial charge on any atom is 0.165 e. The SMILES string of the molecule is NC(=S)NC(Cl)C=O. The lowest BCUT2D eigenvalue weighted by Gasteiger charge is -2.01. The zero-order chi connectivity index (χ0) is 6.57. The van der Waals surface area contributed by atoms with Gasteiger partial charge in [-0.2, -0.15) is 0 Å². The summed E-state index contributed by atoms with van der Waals surface area (Å²) >= 11 is 9.57. The maximum absolute atomic E-state index is 9.73. The first kappa shape index (κ1) is 7.65. The number of rotatable bonds is 2. The van der Waals surface area contributed by atoms with Gasteiger partial charge in [-0.3, -0.25) is 4.79 Å². The van der Waals surface area contributed by atoms with E-state index >= 15 is 0 Å². The quantitative estimate of drug-likeness (QED) is 0.244. The van der Waals surface area contributed by atoms with Gasteiger partial charge in [-0.05, 0) is 12.2 Å². The predicted octanol–water partition coefficient (Wildman–Crippen LogP) is -0.417. The van der Waals surface area contributed by atoms with E-state index in [-0.39, 0.29) is 5.11 Å². The largest absolute Gasteiger partial charge is 0.376 e. The lowest BCUT2D eigenvalue weighted by molar-refractivity contribution is -0.107. The number of thiocarbonyl (C=S) groups is 1. The van der Waals surface area contributed by atoms with Gasteiger partial charge in [0.15, 0.2) is 16.9 Å². The van der Waals surface area contributed by atoms with Crippen molar-refractivity contribution in [3.63, 3.8) is 0 Å². The summed E-state index contributed by atoms with van der Waals surface area (Å²) in [5.41, 5.74) is 4.15. The molecule has 0 aliphatic heterocycles. The van der Waals surface area contributed by atoms with Crippen LogP contribution >= 0.6 is 23.8 Å². The van der Waals surface area contributed by atoms with E-state index < -0.39 is 5.50 Å². The van der Waals surface area contributed by atoms with Crippen LogP contribution < -0.4 is 11.1 Å². The number of halogens is 1. The number of aldehydes is 1. The van der Waals surface area contributed by atoms with E-state index in [1.54, 1.807) is 0 Å². The highest BCUT2D eigenvalue weighted by Gasteiger charge is 1.97. The van der Waals surface area contributed by atoms with Crippen LogP contribution in [0.4, 0.5) is 0 Å². The fourth-order valence-corrected chi connectivity index (χ4v) is 0.479. The first-order valence-electron chi connectivity index (χ1n) is 1.82. The number of alkyl halides is 1. The molecule has 0 aromatic rings. The van der Waals surface area contributed by atoms with E-state index in [9.17, 15) is 4.79 Å². The summed E-state index contributed by atoms with van der Waals surface area (Å²) in [6.45, 7) is 0. The Morgan fingerprint density at radius 1 is 2.00 bits per heavy atom. The van der Waals surface area contributed by atoms with Crippen molar-refractivity contribution in [2.24, 2.45) is 5.73 Å². The van der Waals surface area contributed by atoms with Crippen LogP contribution in [0.3, 0.4) is 0 Å². The van der Waals surface area contributed by atoms with Gasteiger partial charge in [0.1, 0.15) is 0 Å². The summed E-state index contributed by atoms with van der Waals surface area (Å²) in [6.07, 6.45) is 0.501. The van der Waals surface area contributed by atoms with Crippen LogP contribution in [0.25, 0.3) is 0 Å². The average Bonchev–Trinajstić information content (AvgIpc) is 1.65. The van der Waals surface area contributed by atoms with Gasteiger partial charge in [-0.25, -0.2) is 0 Å². The van der Waals surface area contributed by atoms with Gasteiger partial charge >= 0.3 is 0 Å². The molecular formula is C3H5ClN2OS. The molecule has 0 aromatic heterocycles. The van der Waals surface area contributed by atoms with Crippen molar-refractivity contribution in [3.05, 3.63) is 0 Å². The summed E-state index contributed by atoms with van der Waals surface area (Å²) in [6, 6.07) is 0. The summed E-state index contributed by atoms with van der Waals surface area (Å²) in [4.78, 5) is 9.73. The molecule has 3 N–H and O–H groups in total. The molecule has 46 valence electrons. The Balaban J connectivity index is 3.38. The number of hydrogen-bond acceptors (Lipinski definition) is 2. The van der Waals surface area contributed by atoms with Gasteiger partial charge in [-0.15, -0.1) is 0 Å². The smallest absolute Gasteiger partial charge is 0.165 e. The van der Waals surface area contributed by atoms with Crippen LogP contribution in [0.5, 0.6) is 0 Å². The van der Waals surface area contributed by atoms with Crippen molar-refractivity contribution in [2.45, 2.75) is 5.50 Å². The highest BCUT2D eigenvalue weighted by Crippen LogP contribution is 1.81. The van der Waals surface area contributed by atoms with Crippen LogP contribution in [-0.4, -0.2) is 16.9 Å². The highest BCUT2D eigenvalue weighted by atomic mass is 35.5. The zero-order valence-electron chi connectivity index (χ0n) is 3.93. The Labute approximate surface area is 57.2 Å². The standard InChI is InChI=1S/C3H5ClN2OS/c4-2(1-7)6-3(5)8/h1-2H,(H3,5,6,8). The first-order chi connectivity index (χ1) is 3.66. The molecule has 0 fully saturated rings. The number of hydrogen-bond donors (Lipinski definition) is 2. The topological polar surface area (TPSA) is 55.1 Å². The van der Waals surface area contributed by atoms with Crippen molar-refractivity contribution in [2.75, 3.05) is 0 Å². The zero-order valence-corrected chi connectivity index (χ0v) is 5.50. The fraction of sp³-hybridized carbons (Fsp3) is 0.333. The summed E-state index contributed by atoms with van der Waals surface area (Å²) in [7, 11) is 0. The lowest BCUT2D eigenvalue weighted by Crippen LogP contribution is -2.35. The third kappa shape index (κ3) is 3.83. The molecule has 3 nitrogen and oxygen atoms in total. The molecule has 0 spiro atoms. The molecule has 0 rings (SSSR count). The predicted molar refractivity (Wildman–Crippen MR) is 35.6 cm³/mol. The molecule has 0 heterocycles. The second kappa shape index (κ2) is 3.63. The Morgan fingerprint density at radius 3 is 2.62 bits per heavy atom. The highest BCUT2D eigenvalue weighted by molar-refractivity contribution is 7.80. The number of nitrogens with two attached hydrogens (primary N) is 1. The third-order valence-electron chi connectivity index (χ3n) is 0.400. The molecule has 0 bridgehead atoms. The molecule has 1 atom stereocenters. The van der Waals surface area contributed by atoms with E-state index in [0.717, 1.165) is 0 Å². The van der Waals surface area contributed by atoms with E-state index in [1.165, 1.54) is 0 Å². The van der Waals surface area contributed by atoms with Gasteiger partial charge in [0.05, 0.1) is 0 Å². The Hall–Kier alpha value is -0.350. The fourth-order valence-electron chi connectivity index (χ4n) is 0.170. The molecule has 0 radical (unpaired) electrons. The summed E-state index contributed by atoms with van der Waals surface area (Å²) in [5.74, 6) is 0. The number of carbonyl (C=O) groups is 1. The van der Waals surface area contributed by atoms with E-state index in [0.29, 0.717) is 6.29 Å². The van der Waals surface area contributed by atoms with Crippen molar-refractivity contribution in [3.8, 4) is 0 Å². The molecular weight excluding hydrogens is 148 g/mol. The average molecular weight is 153 g/mol. The van der Waals surface area contributed by atoms with Gasteiger partial charge in [0.25, 0.3) is 0 Å². The van der Waals surface area contributed by atoms with Crippen molar-refractivity contribution in [1.29, 1.82) is 0 Å². The molecule has 0 amide bonds. The van der Waals surface area contributed by atoms with Crippen LogP contribution in [0.2, 0.25) is 0 Å². The monoisotopic (exact) mass is 152 g/mol. The summed E-state index contributed by atoms with van der Waals surface area (Å²) < 4.78 is 0. The molecule has 5 heteroatoms. The first-order valence-corrected chi connectivity index (χ1v) is 2.66. The molecule has 0 saturated heterocycles. The molecule has 1 unspecified atom stereocenters. The summed E-state index contributed by atoms with van der Waals surface area (Å²) in [5, 5.41) is 2.32. The number of carbonyl (C=O) groups excluding carboxylic acids is 1. The van der Waals surface area contributed by atoms with E-state index in [4.69, 9.17) is 17.3 Å². The molecule has 0 aromatic carbocycles. The van der Waals surface area contributed by atoms with Crippen molar-refractivity contribution < 1.29 is 4.79 Å². The number of nitrogens with one attached hydrogen (secondary N) is 1. The lowest BCUT2D eigenvalue weighted by atomic mass is 10.7. The second-order valence-electron chi connectivity index (χ2n) is 1.05. The molecule has 0 aliphatic rings. The van der Waals surface area contributed by atoms with Crippen LogP contribution in [0.1, 0.15) is 0 Å². The minimum atomic E-state index is -0.799. The van der Waals surface area contributed by atoms with E-state index in [1.807, 2.05) is 0 Å². The van der Waals surface area contributed by atoms with Gasteiger partial charge < -0.3 is 11.1 Å². The van der Waals surface area contributed by atoms with Crippen molar-refractivity contribution in [1.82, 2.24) is 5.32 Å². The maximum atomic E-state index is 9.73. The van der Waals surface area contributed by atoms with Crippen LogP contribution in [0.15, 0.2) is 0 Å². The third-order valence-corrected chi connectivity index (χ3v) is 0.729.